The monoisotopic (exact) mass is 481 g/mol. The molecule has 0 saturated heterocycles. The maximum atomic E-state index is 4.95. The third-order valence-electron chi connectivity index (χ3n) is 3.49. The molecule has 2 aromatic carbocycles. The van der Waals surface area contributed by atoms with Crippen LogP contribution in [-0.4, -0.2) is 21.9 Å². The van der Waals surface area contributed by atoms with E-state index in [1.54, 1.807) is 22.7 Å². The fraction of sp³-hybridized carbons (Fsp3) is 0.176. The van der Waals surface area contributed by atoms with Crippen molar-refractivity contribution < 1.29 is 12.3 Å². The summed E-state index contributed by atoms with van der Waals surface area (Å²) in [5.74, 6) is 0. The van der Waals surface area contributed by atoms with Crippen molar-refractivity contribution in [1.82, 2.24) is 14.9 Å². The van der Waals surface area contributed by atoms with Gasteiger partial charge in [-0.3, -0.25) is 4.90 Å². The number of para-hydroxylation sites is 2. The fourth-order valence-electron chi connectivity index (χ4n) is 2.49. The van der Waals surface area contributed by atoms with Gasteiger partial charge in [0.15, 0.2) is 0 Å². The molecule has 0 spiro atoms. The first-order chi connectivity index (χ1) is 12.5. The van der Waals surface area contributed by atoms with Crippen molar-refractivity contribution in [3.63, 3.8) is 0 Å². The Morgan fingerprint density at radius 3 is 1.58 bits per heavy atom. The Morgan fingerprint density at radius 2 is 1.19 bits per heavy atom. The van der Waals surface area contributed by atoms with Crippen molar-refractivity contribution in [3.8, 4) is 0 Å². The van der Waals surface area contributed by atoms with Gasteiger partial charge in [-0.2, -0.15) is 0 Å². The second-order valence-corrected chi connectivity index (χ2v) is 14.7. The molecular formula is C17H15Cl3N3S2V. The van der Waals surface area contributed by atoms with Crippen LogP contribution in [0.2, 0.25) is 0 Å². The number of thiazole rings is 2. The van der Waals surface area contributed by atoms with Crippen molar-refractivity contribution in [2.24, 2.45) is 0 Å². The number of hydrogen-bond donors (Lipinski definition) is 0. The van der Waals surface area contributed by atoms with Gasteiger partial charge >= 0.3 is 41.8 Å². The summed E-state index contributed by atoms with van der Waals surface area (Å²) in [6.45, 7) is 1.71. The molecule has 3 nitrogen and oxygen atoms in total. The van der Waals surface area contributed by atoms with E-state index in [-0.39, 0.29) is 0 Å². The van der Waals surface area contributed by atoms with E-state index in [4.69, 9.17) is 39.5 Å². The summed E-state index contributed by atoms with van der Waals surface area (Å²) >= 11 is 1.77. The fourth-order valence-corrected chi connectivity index (χ4v) is 4.59. The molecule has 0 atom stereocenters. The molecule has 2 heterocycles. The molecule has 0 aliphatic rings. The van der Waals surface area contributed by atoms with Crippen LogP contribution in [0.1, 0.15) is 10.0 Å². The zero-order chi connectivity index (χ0) is 18.5. The number of rotatable bonds is 4. The summed E-state index contributed by atoms with van der Waals surface area (Å²) in [4.78, 5) is 11.7. The molecule has 26 heavy (non-hydrogen) atoms. The number of hydrogen-bond acceptors (Lipinski definition) is 5. The normalized spacial score (nSPS) is 11.3. The van der Waals surface area contributed by atoms with Crippen molar-refractivity contribution in [2.45, 2.75) is 13.1 Å². The Labute approximate surface area is 177 Å². The number of nitrogens with zero attached hydrogens (tertiary/aromatic N) is 3. The van der Waals surface area contributed by atoms with E-state index in [0.29, 0.717) is 0 Å². The first-order valence-electron chi connectivity index (χ1n) is 7.66. The molecule has 0 amide bonds. The first-order valence-corrected chi connectivity index (χ1v) is 15.1. The predicted molar refractivity (Wildman–Crippen MR) is 112 cm³/mol. The summed E-state index contributed by atoms with van der Waals surface area (Å²) in [5.41, 5.74) is 2.19. The van der Waals surface area contributed by atoms with Gasteiger partial charge in [-0.15, -0.1) is 22.7 Å². The van der Waals surface area contributed by atoms with E-state index < -0.39 is 12.3 Å². The van der Waals surface area contributed by atoms with Gasteiger partial charge in [0, 0.05) is 0 Å². The SMILES string of the molecule is CN(Cc1nc2ccccc2s1)Cc1nc2ccccc2s1.[Cl][V]([Cl])[Cl]. The Kier molecular flexibility index (Phi) is 7.61. The van der Waals surface area contributed by atoms with Gasteiger partial charge in [-0.1, -0.05) is 24.3 Å². The molecular weight excluding hydrogens is 468 g/mol. The predicted octanol–water partition coefficient (Wildman–Crippen LogP) is 6.60. The van der Waals surface area contributed by atoms with Gasteiger partial charge in [-0.25, -0.2) is 9.97 Å². The Balaban J connectivity index is 0.000000447. The molecule has 136 valence electrons. The average Bonchev–Trinajstić information content (AvgIpc) is 3.16. The molecule has 4 rings (SSSR count). The maximum absolute atomic E-state index is 4.95. The quantitative estimate of drug-likeness (QED) is 0.328. The van der Waals surface area contributed by atoms with E-state index >= 15 is 0 Å². The molecule has 0 bridgehead atoms. The van der Waals surface area contributed by atoms with Gasteiger partial charge in [0.05, 0.1) is 33.5 Å². The molecule has 0 fully saturated rings. The third kappa shape index (κ3) is 5.81. The van der Waals surface area contributed by atoms with Crippen LogP contribution in [0, 0.1) is 0 Å². The Hall–Kier alpha value is -0.366. The summed E-state index contributed by atoms with van der Waals surface area (Å²) < 4.78 is 2.51. The van der Waals surface area contributed by atoms with Crippen LogP contribution in [0.25, 0.3) is 20.4 Å². The van der Waals surface area contributed by atoms with Gasteiger partial charge in [0.1, 0.15) is 10.0 Å². The number of halogens is 3. The average molecular weight is 483 g/mol. The topological polar surface area (TPSA) is 29.0 Å². The summed E-state index contributed by atoms with van der Waals surface area (Å²) in [6, 6.07) is 16.6. The first kappa shape index (κ1) is 20.4. The Bertz CT molecular complexity index is 845. The van der Waals surface area contributed by atoms with Crippen LogP contribution in [0.15, 0.2) is 48.5 Å². The second kappa shape index (κ2) is 9.72. The molecule has 0 N–H and O–H groups in total. The second-order valence-electron chi connectivity index (χ2n) is 5.51. The molecule has 0 aliphatic heterocycles. The van der Waals surface area contributed by atoms with Crippen LogP contribution in [0.5, 0.6) is 0 Å². The summed E-state index contributed by atoms with van der Waals surface area (Å²) in [7, 11) is 17.0. The van der Waals surface area contributed by atoms with Crippen LogP contribution in [0.3, 0.4) is 0 Å². The van der Waals surface area contributed by atoms with E-state index in [1.165, 1.54) is 9.40 Å². The van der Waals surface area contributed by atoms with Gasteiger partial charge in [0.25, 0.3) is 0 Å². The number of aromatic nitrogens is 2. The van der Waals surface area contributed by atoms with Gasteiger partial charge < -0.3 is 0 Å². The van der Waals surface area contributed by atoms with Crippen molar-refractivity contribution in [2.75, 3.05) is 7.05 Å². The molecule has 0 radical (unpaired) electrons. The Morgan fingerprint density at radius 1 is 0.808 bits per heavy atom. The van der Waals surface area contributed by atoms with Crippen molar-refractivity contribution in [3.05, 3.63) is 58.5 Å². The summed E-state index contributed by atoms with van der Waals surface area (Å²) in [5, 5.41) is 2.31. The molecule has 2 aromatic heterocycles. The molecule has 0 aliphatic carbocycles. The molecule has 0 unspecified atom stereocenters. The van der Waals surface area contributed by atoms with Crippen molar-refractivity contribution in [1.29, 1.82) is 0 Å². The van der Waals surface area contributed by atoms with E-state index in [1.807, 2.05) is 12.1 Å². The van der Waals surface area contributed by atoms with E-state index in [9.17, 15) is 0 Å². The zero-order valence-corrected chi connectivity index (χ0v) is 19.1. The standard InChI is InChI=1S/C17H15N3S2.3ClH.V/c1-20(10-16-18-12-6-2-4-8-14(12)21-16)11-17-19-13-7-3-5-9-15(13)22-17;;;;/h2-9H,10-11H2,1H3;3*1H;/q;;;;+3/p-3. The summed E-state index contributed by atoms with van der Waals surface area (Å²) in [6.07, 6.45) is 0. The van der Waals surface area contributed by atoms with Crippen LogP contribution in [-0.2, 0) is 25.4 Å². The molecule has 4 aromatic rings. The number of fused-ring (bicyclic) bond motifs is 2. The van der Waals surface area contributed by atoms with Crippen LogP contribution >= 0.6 is 52.2 Å². The van der Waals surface area contributed by atoms with Crippen molar-refractivity contribution >= 4 is 72.7 Å². The van der Waals surface area contributed by atoms with Gasteiger partial charge in [0.2, 0.25) is 0 Å². The van der Waals surface area contributed by atoms with E-state index in [2.05, 4.69) is 48.3 Å². The third-order valence-corrected chi connectivity index (χ3v) is 5.53. The van der Waals surface area contributed by atoms with E-state index in [0.717, 1.165) is 34.1 Å². The number of benzene rings is 2. The molecule has 9 heteroatoms. The molecule has 0 saturated carbocycles. The minimum atomic E-state index is -1.77. The van der Waals surface area contributed by atoms with Gasteiger partial charge in [-0.05, 0) is 31.3 Å². The van der Waals surface area contributed by atoms with Crippen LogP contribution in [0.4, 0.5) is 0 Å². The minimum absolute atomic E-state index is 0.856. The zero-order valence-electron chi connectivity index (χ0n) is 13.8. The van der Waals surface area contributed by atoms with Crippen LogP contribution < -0.4 is 0 Å².